The second-order valence-electron chi connectivity index (χ2n) is 8.74. The minimum atomic E-state index is -0.929. The second-order valence-corrected chi connectivity index (χ2v) is 8.74. The van der Waals surface area contributed by atoms with Gasteiger partial charge < -0.3 is 9.47 Å². The quantitative estimate of drug-likeness (QED) is 0.360. The van der Waals surface area contributed by atoms with Crippen LogP contribution in [0.25, 0.3) is 11.1 Å². The Kier molecular flexibility index (Phi) is 7.26. The molecule has 1 fully saturated rings. The van der Waals surface area contributed by atoms with Crippen molar-refractivity contribution >= 4 is 0 Å². The largest absolute Gasteiger partial charge is 0.497 e. The zero-order chi connectivity index (χ0) is 23.4. The molecule has 0 aliphatic heterocycles. The first-order chi connectivity index (χ1) is 16.0. The molecule has 0 unspecified atom stereocenters. The lowest BCUT2D eigenvalue weighted by atomic mass is 9.77. The van der Waals surface area contributed by atoms with E-state index >= 15 is 0 Å². The van der Waals surface area contributed by atoms with Gasteiger partial charge in [-0.3, -0.25) is 0 Å². The van der Waals surface area contributed by atoms with Gasteiger partial charge >= 0.3 is 0 Å². The first-order valence-corrected chi connectivity index (χ1v) is 11.5. The summed E-state index contributed by atoms with van der Waals surface area (Å²) < 4.78 is 54.4. The average Bonchev–Trinajstić information content (AvgIpc) is 2.85. The van der Waals surface area contributed by atoms with Crippen LogP contribution in [0.5, 0.6) is 11.5 Å². The molecule has 0 heterocycles. The van der Waals surface area contributed by atoms with E-state index in [-0.39, 0.29) is 24.1 Å². The summed E-state index contributed by atoms with van der Waals surface area (Å²) in [6, 6.07) is 15.0. The molecule has 174 valence electrons. The van der Waals surface area contributed by atoms with Crippen molar-refractivity contribution in [2.24, 2.45) is 5.92 Å². The van der Waals surface area contributed by atoms with Crippen molar-refractivity contribution in [3.05, 3.63) is 83.2 Å². The van der Waals surface area contributed by atoms with Crippen LogP contribution >= 0.6 is 0 Å². The Morgan fingerprint density at radius 2 is 1.58 bits per heavy atom. The van der Waals surface area contributed by atoms with Gasteiger partial charge in [0.1, 0.15) is 18.2 Å². The fourth-order valence-electron chi connectivity index (χ4n) is 4.65. The van der Waals surface area contributed by atoms with Crippen molar-refractivity contribution in [2.45, 2.75) is 51.6 Å². The van der Waals surface area contributed by atoms with E-state index in [1.165, 1.54) is 19.2 Å². The summed E-state index contributed by atoms with van der Waals surface area (Å²) in [5.41, 5.74) is 2.40. The molecule has 3 aromatic rings. The molecular formula is C28H29F3O2. The summed E-state index contributed by atoms with van der Waals surface area (Å²) in [5.74, 6) is -0.968. The molecule has 2 nitrogen and oxygen atoms in total. The van der Waals surface area contributed by atoms with E-state index in [9.17, 15) is 13.2 Å². The Labute approximate surface area is 193 Å². The SMILES string of the molecule is CCC1CCC(c2ccc(OCc3ccc(-c4ccc(OC)cc4F)cc3)c(F)c2F)CC1. The fraction of sp³-hybridized carbons (Fsp3) is 0.357. The Hall–Kier alpha value is -2.95. The van der Waals surface area contributed by atoms with Gasteiger partial charge in [-0.15, -0.1) is 0 Å². The highest BCUT2D eigenvalue weighted by Gasteiger charge is 2.26. The van der Waals surface area contributed by atoms with E-state index in [1.54, 1.807) is 42.5 Å². The monoisotopic (exact) mass is 454 g/mol. The molecule has 0 amide bonds. The number of hydrogen-bond acceptors (Lipinski definition) is 2. The number of halogens is 3. The predicted octanol–water partition coefficient (Wildman–Crippen LogP) is 8.04. The molecule has 0 radical (unpaired) electrons. The number of hydrogen-bond donors (Lipinski definition) is 0. The molecular weight excluding hydrogens is 425 g/mol. The molecule has 0 bridgehead atoms. The van der Waals surface area contributed by atoms with Gasteiger partial charge in [0.05, 0.1) is 7.11 Å². The fourth-order valence-corrected chi connectivity index (χ4v) is 4.65. The number of methoxy groups -OCH3 is 1. The van der Waals surface area contributed by atoms with Crippen LogP contribution in [-0.2, 0) is 6.61 Å². The standard InChI is InChI=1S/C28H29F3O2/c1-3-18-4-8-21(9-5-18)24-14-15-26(28(31)27(24)30)33-17-19-6-10-20(11-7-19)23-13-12-22(32-2)16-25(23)29/h6-7,10-16,18,21H,3-5,8-9,17H2,1-2H3. The van der Waals surface area contributed by atoms with Crippen molar-refractivity contribution in [1.29, 1.82) is 0 Å². The molecule has 0 N–H and O–H groups in total. The summed E-state index contributed by atoms with van der Waals surface area (Å²) >= 11 is 0. The lowest BCUT2D eigenvalue weighted by molar-refractivity contribution is 0.280. The molecule has 0 spiro atoms. The Morgan fingerprint density at radius 3 is 2.21 bits per heavy atom. The normalized spacial score (nSPS) is 18.2. The molecule has 1 aliphatic rings. The van der Waals surface area contributed by atoms with E-state index in [0.717, 1.165) is 37.7 Å². The Balaban J connectivity index is 1.41. The maximum absolute atomic E-state index is 14.8. The molecule has 0 atom stereocenters. The van der Waals surface area contributed by atoms with Gasteiger partial charge in [0.15, 0.2) is 11.6 Å². The molecule has 1 saturated carbocycles. The van der Waals surface area contributed by atoms with Crippen LogP contribution in [0.3, 0.4) is 0 Å². The third-order valence-corrected chi connectivity index (χ3v) is 6.78. The van der Waals surface area contributed by atoms with E-state index in [0.29, 0.717) is 28.4 Å². The molecule has 1 aliphatic carbocycles. The molecule has 5 heteroatoms. The Morgan fingerprint density at radius 1 is 0.848 bits per heavy atom. The molecule has 0 saturated heterocycles. The maximum atomic E-state index is 14.8. The smallest absolute Gasteiger partial charge is 0.200 e. The van der Waals surface area contributed by atoms with Gasteiger partial charge in [-0.05, 0) is 72.4 Å². The summed E-state index contributed by atoms with van der Waals surface area (Å²) in [6.07, 6.45) is 5.08. The summed E-state index contributed by atoms with van der Waals surface area (Å²) in [4.78, 5) is 0. The molecule has 33 heavy (non-hydrogen) atoms. The van der Waals surface area contributed by atoms with Gasteiger partial charge in [-0.1, -0.05) is 43.7 Å². The van der Waals surface area contributed by atoms with Gasteiger partial charge in [-0.25, -0.2) is 8.78 Å². The summed E-state index contributed by atoms with van der Waals surface area (Å²) in [6.45, 7) is 2.27. The highest BCUT2D eigenvalue weighted by atomic mass is 19.2. The van der Waals surface area contributed by atoms with Crippen LogP contribution in [0.2, 0.25) is 0 Å². The van der Waals surface area contributed by atoms with E-state index in [4.69, 9.17) is 9.47 Å². The predicted molar refractivity (Wildman–Crippen MR) is 124 cm³/mol. The molecule has 3 aromatic carbocycles. The van der Waals surface area contributed by atoms with E-state index in [1.807, 2.05) is 0 Å². The highest BCUT2D eigenvalue weighted by Crippen LogP contribution is 2.39. The van der Waals surface area contributed by atoms with Crippen LogP contribution in [0, 0.1) is 23.4 Å². The summed E-state index contributed by atoms with van der Waals surface area (Å²) in [5, 5.41) is 0. The van der Waals surface area contributed by atoms with Gasteiger partial charge in [0.2, 0.25) is 5.82 Å². The zero-order valence-electron chi connectivity index (χ0n) is 19.0. The van der Waals surface area contributed by atoms with E-state index < -0.39 is 11.6 Å². The van der Waals surface area contributed by atoms with Crippen molar-refractivity contribution in [3.63, 3.8) is 0 Å². The maximum Gasteiger partial charge on any atom is 0.200 e. The number of ether oxygens (including phenoxy) is 2. The van der Waals surface area contributed by atoms with Gasteiger partial charge in [0, 0.05) is 11.6 Å². The minimum absolute atomic E-state index is 0.0715. The van der Waals surface area contributed by atoms with E-state index in [2.05, 4.69) is 6.92 Å². The van der Waals surface area contributed by atoms with Crippen LogP contribution in [0.1, 0.15) is 56.1 Å². The van der Waals surface area contributed by atoms with Crippen LogP contribution in [0.4, 0.5) is 13.2 Å². The number of rotatable bonds is 7. The lowest BCUT2D eigenvalue weighted by Gasteiger charge is -2.28. The topological polar surface area (TPSA) is 18.5 Å². The number of benzene rings is 3. The van der Waals surface area contributed by atoms with Crippen LogP contribution in [-0.4, -0.2) is 7.11 Å². The third kappa shape index (κ3) is 5.18. The third-order valence-electron chi connectivity index (χ3n) is 6.78. The first kappa shape index (κ1) is 23.2. The van der Waals surface area contributed by atoms with Crippen LogP contribution in [0.15, 0.2) is 54.6 Å². The lowest BCUT2D eigenvalue weighted by Crippen LogP contribution is -2.14. The first-order valence-electron chi connectivity index (χ1n) is 11.5. The molecule has 0 aromatic heterocycles. The van der Waals surface area contributed by atoms with Crippen LogP contribution < -0.4 is 9.47 Å². The average molecular weight is 455 g/mol. The van der Waals surface area contributed by atoms with Gasteiger partial charge in [0.25, 0.3) is 0 Å². The van der Waals surface area contributed by atoms with Crippen molar-refractivity contribution in [2.75, 3.05) is 7.11 Å². The van der Waals surface area contributed by atoms with Crippen molar-refractivity contribution < 1.29 is 22.6 Å². The highest BCUT2D eigenvalue weighted by molar-refractivity contribution is 5.65. The van der Waals surface area contributed by atoms with Crippen molar-refractivity contribution in [3.8, 4) is 22.6 Å². The minimum Gasteiger partial charge on any atom is -0.497 e. The zero-order valence-corrected chi connectivity index (χ0v) is 19.0. The molecule has 4 rings (SSSR count). The second kappa shape index (κ2) is 10.3. The van der Waals surface area contributed by atoms with Crippen molar-refractivity contribution in [1.82, 2.24) is 0 Å². The Bertz CT molecular complexity index is 1090. The summed E-state index contributed by atoms with van der Waals surface area (Å²) in [7, 11) is 1.49. The van der Waals surface area contributed by atoms with Gasteiger partial charge in [-0.2, -0.15) is 4.39 Å².